The molecule has 2 unspecified atom stereocenters. The lowest BCUT2D eigenvalue weighted by molar-refractivity contribution is -0.0500. The number of nitrogens with zero attached hydrogens (tertiary/aromatic N) is 1. The fraction of sp³-hybridized carbons (Fsp3) is 0.889. The van der Waals surface area contributed by atoms with Crippen molar-refractivity contribution in [2.45, 2.75) is 77.5 Å². The Morgan fingerprint density at radius 3 is 2.86 bits per heavy atom. The van der Waals surface area contributed by atoms with Crippen LogP contribution in [0.15, 0.2) is 11.6 Å². The fourth-order valence-electron chi connectivity index (χ4n) is 3.59. The summed E-state index contributed by atoms with van der Waals surface area (Å²) in [6.45, 7) is 10.8. The molecule has 1 heterocycles. The van der Waals surface area contributed by atoms with Gasteiger partial charge in [-0.15, -0.1) is 0 Å². The first-order valence-corrected chi connectivity index (χ1v) is 9.00. The largest absolute Gasteiger partial charge is 0.374 e. The molecule has 0 saturated carbocycles. The molecule has 21 heavy (non-hydrogen) atoms. The van der Waals surface area contributed by atoms with E-state index >= 15 is 0 Å². The van der Waals surface area contributed by atoms with Gasteiger partial charge in [-0.3, -0.25) is 4.90 Å². The molecular formula is C18H34N2O. The summed E-state index contributed by atoms with van der Waals surface area (Å²) in [5.74, 6) is 0. The van der Waals surface area contributed by atoms with Crippen LogP contribution in [0.5, 0.6) is 0 Å². The summed E-state index contributed by atoms with van der Waals surface area (Å²) >= 11 is 0. The predicted octanol–water partition coefficient (Wildman–Crippen LogP) is 3.35. The molecule has 2 aliphatic rings. The zero-order valence-corrected chi connectivity index (χ0v) is 14.2. The maximum absolute atomic E-state index is 6.15. The van der Waals surface area contributed by atoms with Gasteiger partial charge in [0.1, 0.15) is 0 Å². The molecule has 122 valence electrons. The summed E-state index contributed by atoms with van der Waals surface area (Å²) in [5.41, 5.74) is 1.60. The minimum atomic E-state index is 0.312. The van der Waals surface area contributed by atoms with E-state index in [-0.39, 0.29) is 0 Å². The van der Waals surface area contributed by atoms with Crippen LogP contribution in [0.4, 0.5) is 0 Å². The van der Waals surface area contributed by atoms with E-state index in [2.05, 4.69) is 37.1 Å². The van der Waals surface area contributed by atoms with Crippen LogP contribution < -0.4 is 5.32 Å². The van der Waals surface area contributed by atoms with Gasteiger partial charge >= 0.3 is 0 Å². The summed E-state index contributed by atoms with van der Waals surface area (Å²) in [5, 5.41) is 3.71. The Labute approximate surface area is 131 Å². The Hall–Kier alpha value is -0.380. The third-order valence-electron chi connectivity index (χ3n) is 4.88. The predicted molar refractivity (Wildman–Crippen MR) is 89.7 cm³/mol. The minimum Gasteiger partial charge on any atom is -0.374 e. The van der Waals surface area contributed by atoms with Crippen LogP contribution in [0, 0.1) is 0 Å². The molecule has 2 atom stereocenters. The molecule has 1 aliphatic carbocycles. The highest BCUT2D eigenvalue weighted by Gasteiger charge is 2.30. The first-order valence-electron chi connectivity index (χ1n) is 9.00. The molecule has 0 radical (unpaired) electrons. The smallest absolute Gasteiger partial charge is 0.0893 e. The lowest BCUT2D eigenvalue weighted by Crippen LogP contribution is -2.54. The van der Waals surface area contributed by atoms with Crippen molar-refractivity contribution in [2.24, 2.45) is 0 Å². The number of rotatable bonds is 5. The standard InChI is InChI=1S/C18H34N2O/c1-4-19-18(16-10-8-6-5-7-9-11-16)17-14-20(15(2)3)12-13-21-17/h10,15,17-19H,4-9,11-14H2,1-3H3. The molecular weight excluding hydrogens is 260 g/mol. The molecule has 0 aromatic carbocycles. The SMILES string of the molecule is CCNC(C1=CCCCCCC1)C1CN(C(C)C)CCO1. The summed E-state index contributed by atoms with van der Waals surface area (Å²) in [7, 11) is 0. The number of ether oxygens (including phenoxy) is 1. The number of hydrogen-bond acceptors (Lipinski definition) is 3. The fourth-order valence-corrected chi connectivity index (χ4v) is 3.59. The van der Waals surface area contributed by atoms with Crippen LogP contribution >= 0.6 is 0 Å². The van der Waals surface area contributed by atoms with Crippen molar-refractivity contribution < 1.29 is 4.74 Å². The van der Waals surface area contributed by atoms with Gasteiger partial charge in [0.15, 0.2) is 0 Å². The van der Waals surface area contributed by atoms with E-state index in [1.165, 1.54) is 38.5 Å². The summed E-state index contributed by atoms with van der Waals surface area (Å²) in [6.07, 6.45) is 10.8. The molecule has 0 aromatic heterocycles. The first kappa shape index (κ1) is 17.0. The highest BCUT2D eigenvalue weighted by Crippen LogP contribution is 2.24. The van der Waals surface area contributed by atoms with Crippen molar-refractivity contribution in [3.05, 3.63) is 11.6 Å². The summed E-state index contributed by atoms with van der Waals surface area (Å²) in [4.78, 5) is 2.56. The Bertz CT molecular complexity index is 327. The average molecular weight is 294 g/mol. The second-order valence-corrected chi connectivity index (χ2v) is 6.77. The normalized spacial score (nSPS) is 27.0. The van der Waals surface area contributed by atoms with E-state index in [0.717, 1.165) is 26.2 Å². The van der Waals surface area contributed by atoms with Gasteiger partial charge in [0.05, 0.1) is 18.8 Å². The molecule has 2 rings (SSSR count). The number of likely N-dealkylation sites (N-methyl/N-ethyl adjacent to an activating group) is 1. The summed E-state index contributed by atoms with van der Waals surface area (Å²) < 4.78 is 6.15. The van der Waals surface area contributed by atoms with Crippen LogP contribution in [0.25, 0.3) is 0 Å². The summed E-state index contributed by atoms with van der Waals surface area (Å²) in [6, 6.07) is 1.03. The second-order valence-electron chi connectivity index (χ2n) is 6.77. The zero-order valence-electron chi connectivity index (χ0n) is 14.2. The third kappa shape index (κ3) is 5.08. The minimum absolute atomic E-state index is 0.312. The monoisotopic (exact) mass is 294 g/mol. The Balaban J connectivity index is 2.05. The number of allylic oxidation sites excluding steroid dienone is 1. The second kappa shape index (κ2) is 8.92. The van der Waals surface area contributed by atoms with Crippen molar-refractivity contribution in [1.82, 2.24) is 10.2 Å². The van der Waals surface area contributed by atoms with Crippen molar-refractivity contribution in [3.8, 4) is 0 Å². The van der Waals surface area contributed by atoms with Crippen LogP contribution in [0.2, 0.25) is 0 Å². The van der Waals surface area contributed by atoms with Crippen molar-refractivity contribution in [3.63, 3.8) is 0 Å². The Morgan fingerprint density at radius 2 is 2.10 bits per heavy atom. The Morgan fingerprint density at radius 1 is 1.29 bits per heavy atom. The molecule has 0 spiro atoms. The van der Waals surface area contributed by atoms with Crippen LogP contribution in [-0.2, 0) is 4.74 Å². The maximum Gasteiger partial charge on any atom is 0.0893 e. The van der Waals surface area contributed by atoms with Gasteiger partial charge < -0.3 is 10.1 Å². The average Bonchev–Trinajstić information content (AvgIpc) is 2.45. The maximum atomic E-state index is 6.15. The van der Waals surface area contributed by atoms with E-state index in [4.69, 9.17) is 4.74 Å². The van der Waals surface area contributed by atoms with Gasteiger partial charge in [0.25, 0.3) is 0 Å². The van der Waals surface area contributed by atoms with Gasteiger partial charge in [-0.25, -0.2) is 0 Å². The van der Waals surface area contributed by atoms with Crippen LogP contribution in [0.3, 0.4) is 0 Å². The molecule has 0 bridgehead atoms. The van der Waals surface area contributed by atoms with E-state index in [0.29, 0.717) is 18.2 Å². The van der Waals surface area contributed by atoms with Gasteiger partial charge in [0.2, 0.25) is 0 Å². The van der Waals surface area contributed by atoms with Crippen molar-refractivity contribution >= 4 is 0 Å². The number of hydrogen-bond donors (Lipinski definition) is 1. The number of nitrogens with one attached hydrogen (secondary N) is 1. The van der Waals surface area contributed by atoms with Crippen molar-refractivity contribution in [2.75, 3.05) is 26.2 Å². The van der Waals surface area contributed by atoms with E-state index in [1.54, 1.807) is 5.57 Å². The highest BCUT2D eigenvalue weighted by molar-refractivity contribution is 5.15. The van der Waals surface area contributed by atoms with Crippen LogP contribution in [-0.4, -0.2) is 49.3 Å². The quantitative estimate of drug-likeness (QED) is 0.787. The molecule has 1 N–H and O–H groups in total. The lowest BCUT2D eigenvalue weighted by atomic mass is 9.91. The van der Waals surface area contributed by atoms with E-state index in [1.807, 2.05) is 0 Å². The van der Waals surface area contributed by atoms with Crippen molar-refractivity contribution in [1.29, 1.82) is 0 Å². The Kier molecular flexibility index (Phi) is 7.21. The van der Waals surface area contributed by atoms with E-state index < -0.39 is 0 Å². The topological polar surface area (TPSA) is 24.5 Å². The van der Waals surface area contributed by atoms with Crippen LogP contribution in [0.1, 0.15) is 59.3 Å². The molecule has 0 aromatic rings. The molecule has 1 saturated heterocycles. The lowest BCUT2D eigenvalue weighted by Gasteiger charge is -2.40. The molecule has 3 nitrogen and oxygen atoms in total. The molecule has 1 aliphatic heterocycles. The zero-order chi connectivity index (χ0) is 15.1. The van der Waals surface area contributed by atoms with Gasteiger partial charge in [-0.2, -0.15) is 0 Å². The third-order valence-corrected chi connectivity index (χ3v) is 4.88. The van der Waals surface area contributed by atoms with Gasteiger partial charge in [0, 0.05) is 19.1 Å². The number of morpholine rings is 1. The first-order chi connectivity index (χ1) is 10.2. The molecule has 3 heteroatoms. The van der Waals surface area contributed by atoms with Gasteiger partial charge in [-0.05, 0) is 46.1 Å². The van der Waals surface area contributed by atoms with Gasteiger partial charge in [-0.1, -0.05) is 31.4 Å². The molecule has 0 amide bonds. The highest BCUT2D eigenvalue weighted by atomic mass is 16.5. The van der Waals surface area contributed by atoms with E-state index in [9.17, 15) is 0 Å². The molecule has 1 fully saturated rings.